The van der Waals surface area contributed by atoms with Crippen molar-refractivity contribution in [2.45, 2.75) is 33.7 Å². The van der Waals surface area contributed by atoms with Gasteiger partial charge in [0.15, 0.2) is 0 Å². The van der Waals surface area contributed by atoms with Crippen LogP contribution in [0.4, 0.5) is 5.69 Å². The number of guanidine groups is 1. The standard InChI is InChI=1S/C24H26N4O/c1-4-19-8-11-22(12-9-19)27-24(26-16-20-6-5-13-25-15-20)28-23(29)21-10-7-17(2)18(3)14-21/h5-15H,4,16H2,1-3H3,(H2,26,27,28,29). The molecule has 5 heteroatoms. The van der Waals surface area contributed by atoms with Crippen molar-refractivity contribution >= 4 is 17.6 Å². The molecule has 148 valence electrons. The minimum atomic E-state index is -0.198. The van der Waals surface area contributed by atoms with Crippen LogP contribution in [0, 0.1) is 13.8 Å². The van der Waals surface area contributed by atoms with Crippen LogP contribution in [0.25, 0.3) is 0 Å². The van der Waals surface area contributed by atoms with Gasteiger partial charge in [-0.3, -0.25) is 15.1 Å². The Labute approximate surface area is 171 Å². The Balaban J connectivity index is 1.80. The molecule has 0 aliphatic heterocycles. The molecule has 0 radical (unpaired) electrons. The highest BCUT2D eigenvalue weighted by atomic mass is 16.1. The minimum Gasteiger partial charge on any atom is -0.326 e. The molecule has 5 nitrogen and oxygen atoms in total. The summed E-state index contributed by atoms with van der Waals surface area (Å²) in [5.41, 5.74) is 5.92. The van der Waals surface area contributed by atoms with Gasteiger partial charge in [-0.25, -0.2) is 4.99 Å². The molecule has 3 aromatic rings. The molecule has 0 unspecified atom stereocenters. The van der Waals surface area contributed by atoms with Gasteiger partial charge >= 0.3 is 0 Å². The highest BCUT2D eigenvalue weighted by Gasteiger charge is 2.10. The lowest BCUT2D eigenvalue weighted by molar-refractivity contribution is 0.0977. The fourth-order valence-electron chi connectivity index (χ4n) is 2.80. The molecule has 0 bridgehead atoms. The van der Waals surface area contributed by atoms with Crippen LogP contribution in [-0.4, -0.2) is 16.9 Å². The maximum absolute atomic E-state index is 12.8. The van der Waals surface area contributed by atoms with Crippen LogP contribution in [0.2, 0.25) is 0 Å². The van der Waals surface area contributed by atoms with Crippen LogP contribution in [-0.2, 0) is 13.0 Å². The number of pyridine rings is 1. The molecule has 1 aromatic heterocycles. The average molecular weight is 386 g/mol. The first-order valence-corrected chi connectivity index (χ1v) is 9.73. The SMILES string of the molecule is CCc1ccc(NC(=NCc2cccnc2)NC(=O)c2ccc(C)c(C)c2)cc1. The number of carbonyl (C=O) groups is 1. The van der Waals surface area contributed by atoms with Crippen LogP contribution < -0.4 is 10.6 Å². The van der Waals surface area contributed by atoms with Gasteiger partial charge in [-0.2, -0.15) is 0 Å². The van der Waals surface area contributed by atoms with Crippen molar-refractivity contribution < 1.29 is 4.79 Å². The number of benzene rings is 2. The number of carbonyl (C=O) groups excluding carboxylic acids is 1. The molecule has 2 N–H and O–H groups in total. The Morgan fingerprint density at radius 2 is 1.79 bits per heavy atom. The molecule has 2 aromatic carbocycles. The van der Waals surface area contributed by atoms with E-state index in [0.717, 1.165) is 28.8 Å². The number of anilines is 1. The van der Waals surface area contributed by atoms with E-state index in [9.17, 15) is 4.79 Å². The molecular formula is C24H26N4O. The van der Waals surface area contributed by atoms with Gasteiger partial charge in [0.1, 0.15) is 0 Å². The molecule has 1 amide bonds. The van der Waals surface area contributed by atoms with Gasteiger partial charge in [0.25, 0.3) is 5.91 Å². The Bertz CT molecular complexity index is 995. The van der Waals surface area contributed by atoms with Gasteiger partial charge in [-0.1, -0.05) is 31.2 Å². The molecule has 0 fully saturated rings. The van der Waals surface area contributed by atoms with Crippen LogP contribution in [0.5, 0.6) is 0 Å². The van der Waals surface area contributed by atoms with Gasteiger partial charge in [0, 0.05) is 23.6 Å². The number of aryl methyl sites for hydroxylation is 3. The fourth-order valence-corrected chi connectivity index (χ4v) is 2.80. The summed E-state index contributed by atoms with van der Waals surface area (Å²) in [7, 11) is 0. The van der Waals surface area contributed by atoms with Gasteiger partial charge in [-0.05, 0) is 72.9 Å². The molecule has 0 spiro atoms. The van der Waals surface area contributed by atoms with Gasteiger partial charge < -0.3 is 5.32 Å². The van der Waals surface area contributed by atoms with E-state index in [1.54, 1.807) is 12.4 Å². The monoisotopic (exact) mass is 386 g/mol. The maximum Gasteiger partial charge on any atom is 0.257 e. The maximum atomic E-state index is 12.8. The summed E-state index contributed by atoms with van der Waals surface area (Å²) in [6.07, 6.45) is 4.47. The zero-order valence-electron chi connectivity index (χ0n) is 17.1. The van der Waals surface area contributed by atoms with E-state index in [0.29, 0.717) is 18.1 Å². The zero-order chi connectivity index (χ0) is 20.6. The van der Waals surface area contributed by atoms with Gasteiger partial charge in [0.2, 0.25) is 5.96 Å². The van der Waals surface area contributed by atoms with E-state index in [4.69, 9.17) is 0 Å². The quantitative estimate of drug-likeness (QED) is 0.495. The second-order valence-corrected chi connectivity index (χ2v) is 6.95. The molecule has 0 saturated carbocycles. The summed E-state index contributed by atoms with van der Waals surface area (Å²) < 4.78 is 0. The highest BCUT2D eigenvalue weighted by Crippen LogP contribution is 2.12. The minimum absolute atomic E-state index is 0.198. The van der Waals surface area contributed by atoms with Gasteiger partial charge in [-0.15, -0.1) is 0 Å². The molecule has 29 heavy (non-hydrogen) atoms. The smallest absolute Gasteiger partial charge is 0.257 e. The lowest BCUT2D eigenvalue weighted by Gasteiger charge is -2.13. The molecule has 3 rings (SSSR count). The molecular weight excluding hydrogens is 360 g/mol. The van der Waals surface area contributed by atoms with Crippen LogP contribution >= 0.6 is 0 Å². The number of rotatable bonds is 5. The third-order valence-electron chi connectivity index (χ3n) is 4.77. The predicted molar refractivity (Wildman–Crippen MR) is 118 cm³/mol. The van der Waals surface area contributed by atoms with Crippen LogP contribution in [0.1, 0.15) is 39.5 Å². The number of aromatic nitrogens is 1. The Morgan fingerprint density at radius 1 is 1.00 bits per heavy atom. The lowest BCUT2D eigenvalue weighted by atomic mass is 10.1. The van der Waals surface area contributed by atoms with Crippen molar-refractivity contribution in [3.63, 3.8) is 0 Å². The van der Waals surface area contributed by atoms with E-state index >= 15 is 0 Å². The van der Waals surface area contributed by atoms with Crippen molar-refractivity contribution in [2.24, 2.45) is 4.99 Å². The molecule has 1 heterocycles. The molecule has 0 aliphatic carbocycles. The van der Waals surface area contributed by atoms with Crippen molar-refractivity contribution in [3.05, 3.63) is 94.8 Å². The summed E-state index contributed by atoms with van der Waals surface area (Å²) in [5.74, 6) is 0.206. The summed E-state index contributed by atoms with van der Waals surface area (Å²) in [4.78, 5) is 21.5. The Morgan fingerprint density at radius 3 is 2.45 bits per heavy atom. The average Bonchev–Trinajstić information content (AvgIpc) is 2.75. The van der Waals surface area contributed by atoms with Gasteiger partial charge in [0.05, 0.1) is 6.54 Å². The lowest BCUT2D eigenvalue weighted by Crippen LogP contribution is -2.36. The van der Waals surface area contributed by atoms with E-state index in [2.05, 4.69) is 39.7 Å². The molecule has 0 atom stereocenters. The normalized spacial score (nSPS) is 11.2. The summed E-state index contributed by atoms with van der Waals surface area (Å²) in [5, 5.41) is 6.13. The van der Waals surface area contributed by atoms with E-state index < -0.39 is 0 Å². The Hall–Kier alpha value is -3.47. The number of nitrogens with zero attached hydrogens (tertiary/aromatic N) is 2. The number of nitrogens with one attached hydrogen (secondary N) is 2. The van der Waals surface area contributed by atoms with E-state index in [1.165, 1.54) is 5.56 Å². The number of hydrogen-bond donors (Lipinski definition) is 2. The topological polar surface area (TPSA) is 66.4 Å². The third kappa shape index (κ3) is 5.75. The van der Waals surface area contributed by atoms with Crippen molar-refractivity contribution in [1.29, 1.82) is 0 Å². The van der Waals surface area contributed by atoms with Crippen molar-refractivity contribution in [1.82, 2.24) is 10.3 Å². The first-order valence-electron chi connectivity index (χ1n) is 9.73. The highest BCUT2D eigenvalue weighted by molar-refractivity contribution is 6.10. The largest absolute Gasteiger partial charge is 0.326 e. The molecule has 0 saturated heterocycles. The van der Waals surface area contributed by atoms with Crippen LogP contribution in [0.15, 0.2) is 72.0 Å². The van der Waals surface area contributed by atoms with Crippen molar-refractivity contribution in [3.8, 4) is 0 Å². The van der Waals surface area contributed by atoms with Crippen LogP contribution in [0.3, 0.4) is 0 Å². The summed E-state index contributed by atoms with van der Waals surface area (Å²) >= 11 is 0. The van der Waals surface area contributed by atoms with E-state index in [1.807, 2.05) is 56.3 Å². The number of amides is 1. The second kappa shape index (κ2) is 9.64. The number of hydrogen-bond acceptors (Lipinski definition) is 3. The van der Waals surface area contributed by atoms with Crippen molar-refractivity contribution in [2.75, 3.05) is 5.32 Å². The van der Waals surface area contributed by atoms with E-state index in [-0.39, 0.29) is 5.91 Å². The predicted octanol–water partition coefficient (Wildman–Crippen LogP) is 4.66. The summed E-state index contributed by atoms with van der Waals surface area (Å²) in [6, 6.07) is 17.6. The fraction of sp³-hybridized carbons (Fsp3) is 0.208. The Kier molecular flexibility index (Phi) is 6.74. The molecule has 0 aliphatic rings. The first-order chi connectivity index (χ1) is 14.0. The first kappa shape index (κ1) is 20.3. The zero-order valence-corrected chi connectivity index (χ0v) is 17.1. The number of aliphatic imine (C=N–C) groups is 1. The third-order valence-corrected chi connectivity index (χ3v) is 4.77. The second-order valence-electron chi connectivity index (χ2n) is 6.95. The summed E-state index contributed by atoms with van der Waals surface area (Å²) in [6.45, 7) is 6.56.